The molecule has 0 saturated carbocycles. The number of hydrogen-bond donors (Lipinski definition) is 0. The SMILES string of the molecule is CC(C)S(=O)(=O)N1CCC=C(Br)C1. The van der Waals surface area contributed by atoms with Crippen molar-refractivity contribution in [2.45, 2.75) is 25.5 Å². The molecule has 5 heteroatoms. The lowest BCUT2D eigenvalue weighted by Crippen LogP contribution is -2.39. The lowest BCUT2D eigenvalue weighted by atomic mass is 10.3. The van der Waals surface area contributed by atoms with Crippen LogP contribution >= 0.6 is 15.9 Å². The Morgan fingerprint density at radius 2 is 2.15 bits per heavy atom. The summed E-state index contributed by atoms with van der Waals surface area (Å²) in [5.74, 6) is 0. The van der Waals surface area contributed by atoms with Gasteiger partial charge in [-0.15, -0.1) is 0 Å². The third kappa shape index (κ3) is 2.54. The quantitative estimate of drug-likeness (QED) is 0.764. The van der Waals surface area contributed by atoms with Crippen LogP contribution in [0, 0.1) is 0 Å². The minimum atomic E-state index is -3.07. The summed E-state index contributed by atoms with van der Waals surface area (Å²) < 4.78 is 25.9. The lowest BCUT2D eigenvalue weighted by Gasteiger charge is -2.26. The molecular formula is C8H14BrNO2S. The highest BCUT2D eigenvalue weighted by Gasteiger charge is 2.26. The van der Waals surface area contributed by atoms with Crippen LogP contribution < -0.4 is 0 Å². The molecule has 0 aromatic carbocycles. The summed E-state index contributed by atoms with van der Waals surface area (Å²) in [6.07, 6.45) is 2.82. The Labute approximate surface area is 88.0 Å². The van der Waals surface area contributed by atoms with Gasteiger partial charge in [-0.1, -0.05) is 22.0 Å². The van der Waals surface area contributed by atoms with Crippen LogP contribution in [0.1, 0.15) is 20.3 Å². The molecule has 0 aromatic heterocycles. The standard InChI is InChI=1S/C8H14BrNO2S/c1-7(2)13(11,12)10-5-3-4-8(9)6-10/h4,7H,3,5-6H2,1-2H3. The Balaban J connectivity index is 2.80. The van der Waals surface area contributed by atoms with Gasteiger partial charge in [0.1, 0.15) is 0 Å². The molecule has 0 radical (unpaired) electrons. The fourth-order valence-electron chi connectivity index (χ4n) is 1.19. The summed E-state index contributed by atoms with van der Waals surface area (Å²) in [5, 5.41) is -0.328. The summed E-state index contributed by atoms with van der Waals surface area (Å²) in [5.41, 5.74) is 0. The Hall–Kier alpha value is 0.130. The number of halogens is 1. The van der Waals surface area contributed by atoms with Crippen LogP contribution in [0.15, 0.2) is 10.6 Å². The van der Waals surface area contributed by atoms with Crippen molar-refractivity contribution < 1.29 is 8.42 Å². The average molecular weight is 268 g/mol. The maximum Gasteiger partial charge on any atom is 0.216 e. The third-order valence-electron chi connectivity index (χ3n) is 2.03. The van der Waals surface area contributed by atoms with Gasteiger partial charge in [-0.05, 0) is 20.3 Å². The van der Waals surface area contributed by atoms with Crippen LogP contribution in [0.25, 0.3) is 0 Å². The molecule has 0 bridgehead atoms. The highest BCUT2D eigenvalue weighted by Crippen LogP contribution is 2.19. The molecule has 1 heterocycles. The van der Waals surface area contributed by atoms with Crippen LogP contribution in [0.2, 0.25) is 0 Å². The van der Waals surface area contributed by atoms with E-state index in [0.29, 0.717) is 13.1 Å². The topological polar surface area (TPSA) is 37.4 Å². The molecule has 0 amide bonds. The Bertz CT molecular complexity index is 308. The Morgan fingerprint density at radius 1 is 1.54 bits per heavy atom. The first kappa shape index (κ1) is 11.2. The van der Waals surface area contributed by atoms with Crippen molar-refractivity contribution in [1.29, 1.82) is 0 Å². The first-order valence-electron chi connectivity index (χ1n) is 4.28. The van der Waals surface area contributed by atoms with Gasteiger partial charge in [0.05, 0.1) is 5.25 Å². The molecule has 0 N–H and O–H groups in total. The molecule has 0 aromatic rings. The van der Waals surface area contributed by atoms with Gasteiger partial charge in [0, 0.05) is 17.6 Å². The molecule has 0 saturated heterocycles. The van der Waals surface area contributed by atoms with Gasteiger partial charge in [-0.3, -0.25) is 0 Å². The second-order valence-electron chi connectivity index (χ2n) is 3.37. The van der Waals surface area contributed by atoms with E-state index in [1.807, 2.05) is 6.08 Å². The molecule has 1 rings (SSSR count). The molecule has 1 aliphatic heterocycles. The van der Waals surface area contributed by atoms with E-state index in [9.17, 15) is 8.42 Å². The highest BCUT2D eigenvalue weighted by molar-refractivity contribution is 9.11. The number of rotatable bonds is 2. The van der Waals surface area contributed by atoms with Crippen molar-refractivity contribution >= 4 is 26.0 Å². The van der Waals surface area contributed by atoms with Gasteiger partial charge >= 0.3 is 0 Å². The molecule has 0 unspecified atom stereocenters. The smallest absolute Gasteiger partial charge is 0.212 e. The first-order chi connectivity index (χ1) is 5.94. The maximum atomic E-state index is 11.7. The molecule has 3 nitrogen and oxygen atoms in total. The molecule has 1 aliphatic rings. The molecule has 0 spiro atoms. The summed E-state index contributed by atoms with van der Waals surface area (Å²) in [4.78, 5) is 0. The fraction of sp³-hybridized carbons (Fsp3) is 0.750. The summed E-state index contributed by atoms with van der Waals surface area (Å²) >= 11 is 3.33. The monoisotopic (exact) mass is 267 g/mol. The molecular weight excluding hydrogens is 254 g/mol. The molecule has 0 fully saturated rings. The summed E-state index contributed by atoms with van der Waals surface area (Å²) in [6.45, 7) is 4.51. The van der Waals surface area contributed by atoms with E-state index < -0.39 is 10.0 Å². The van der Waals surface area contributed by atoms with Gasteiger partial charge in [-0.25, -0.2) is 8.42 Å². The fourth-order valence-corrected chi connectivity index (χ4v) is 3.17. The van der Waals surface area contributed by atoms with Crippen molar-refractivity contribution in [3.05, 3.63) is 10.6 Å². The molecule has 76 valence electrons. The van der Waals surface area contributed by atoms with Gasteiger partial charge in [0.25, 0.3) is 0 Å². The minimum Gasteiger partial charge on any atom is -0.212 e. The van der Waals surface area contributed by atoms with Crippen LogP contribution in [0.5, 0.6) is 0 Å². The van der Waals surface area contributed by atoms with Crippen LogP contribution in [0.4, 0.5) is 0 Å². The predicted octanol–water partition coefficient (Wildman–Crippen LogP) is 1.71. The zero-order valence-electron chi connectivity index (χ0n) is 7.83. The second-order valence-corrected chi connectivity index (χ2v) is 6.87. The summed E-state index contributed by atoms with van der Waals surface area (Å²) in [7, 11) is -3.07. The van der Waals surface area contributed by atoms with Gasteiger partial charge in [0.2, 0.25) is 10.0 Å². The van der Waals surface area contributed by atoms with E-state index in [1.165, 1.54) is 4.31 Å². The van der Waals surface area contributed by atoms with Crippen molar-refractivity contribution in [3.8, 4) is 0 Å². The van der Waals surface area contributed by atoms with E-state index in [1.54, 1.807) is 13.8 Å². The van der Waals surface area contributed by atoms with E-state index in [-0.39, 0.29) is 5.25 Å². The Kier molecular flexibility index (Phi) is 3.54. The van der Waals surface area contributed by atoms with Crippen LogP contribution in [0.3, 0.4) is 0 Å². The van der Waals surface area contributed by atoms with Crippen molar-refractivity contribution in [2.24, 2.45) is 0 Å². The Morgan fingerprint density at radius 3 is 2.62 bits per heavy atom. The number of nitrogens with zero attached hydrogens (tertiary/aromatic N) is 1. The van der Waals surface area contributed by atoms with E-state index in [0.717, 1.165) is 10.9 Å². The van der Waals surface area contributed by atoms with Crippen molar-refractivity contribution in [2.75, 3.05) is 13.1 Å². The first-order valence-corrected chi connectivity index (χ1v) is 6.57. The number of sulfonamides is 1. The third-order valence-corrected chi connectivity index (χ3v) is 4.82. The zero-order valence-corrected chi connectivity index (χ0v) is 10.2. The van der Waals surface area contributed by atoms with Crippen LogP contribution in [-0.2, 0) is 10.0 Å². The zero-order chi connectivity index (χ0) is 10.1. The molecule has 0 aliphatic carbocycles. The van der Waals surface area contributed by atoms with Gasteiger partial charge < -0.3 is 0 Å². The van der Waals surface area contributed by atoms with E-state index >= 15 is 0 Å². The normalized spacial score (nSPS) is 20.5. The second kappa shape index (κ2) is 4.11. The number of hydrogen-bond acceptors (Lipinski definition) is 2. The van der Waals surface area contributed by atoms with Gasteiger partial charge in [-0.2, -0.15) is 4.31 Å². The van der Waals surface area contributed by atoms with E-state index in [4.69, 9.17) is 0 Å². The highest BCUT2D eigenvalue weighted by atomic mass is 79.9. The molecule has 13 heavy (non-hydrogen) atoms. The van der Waals surface area contributed by atoms with E-state index in [2.05, 4.69) is 15.9 Å². The summed E-state index contributed by atoms with van der Waals surface area (Å²) in [6, 6.07) is 0. The maximum absolute atomic E-state index is 11.7. The molecule has 0 atom stereocenters. The lowest BCUT2D eigenvalue weighted by molar-refractivity contribution is 0.430. The largest absolute Gasteiger partial charge is 0.216 e. The van der Waals surface area contributed by atoms with Crippen LogP contribution in [-0.4, -0.2) is 31.1 Å². The van der Waals surface area contributed by atoms with Crippen molar-refractivity contribution in [3.63, 3.8) is 0 Å². The van der Waals surface area contributed by atoms with Gasteiger partial charge in [0.15, 0.2) is 0 Å². The minimum absolute atomic E-state index is 0.328. The van der Waals surface area contributed by atoms with Crippen molar-refractivity contribution in [1.82, 2.24) is 4.31 Å². The predicted molar refractivity (Wildman–Crippen MR) is 57.3 cm³/mol. The average Bonchev–Trinajstić information content (AvgIpc) is 2.04.